The maximum atomic E-state index is 11.2. The zero-order chi connectivity index (χ0) is 14.5. The van der Waals surface area contributed by atoms with E-state index in [2.05, 4.69) is 15.6 Å². The zero-order valence-corrected chi connectivity index (χ0v) is 11.3. The van der Waals surface area contributed by atoms with Crippen LogP contribution in [0.15, 0.2) is 42.6 Å². The maximum absolute atomic E-state index is 11.2. The number of amides is 1. The van der Waals surface area contributed by atoms with Crippen molar-refractivity contribution in [3.8, 4) is 0 Å². The number of benzene rings is 1. The topological polar surface area (TPSA) is 71.1 Å². The van der Waals surface area contributed by atoms with Crippen LogP contribution in [0.4, 0.5) is 17.2 Å². The first-order chi connectivity index (χ1) is 9.54. The van der Waals surface area contributed by atoms with E-state index in [-0.39, 0.29) is 11.7 Å². The average molecular weight is 269 g/mol. The summed E-state index contributed by atoms with van der Waals surface area (Å²) in [4.78, 5) is 26.3. The second-order valence-corrected chi connectivity index (χ2v) is 4.37. The van der Waals surface area contributed by atoms with Gasteiger partial charge in [-0.05, 0) is 43.3 Å². The van der Waals surface area contributed by atoms with Crippen molar-refractivity contribution in [1.29, 1.82) is 0 Å². The minimum absolute atomic E-state index is 0.0364. The molecule has 2 rings (SSSR count). The normalized spacial score (nSPS) is 9.90. The molecule has 0 aliphatic carbocycles. The molecule has 0 atom stereocenters. The van der Waals surface area contributed by atoms with Gasteiger partial charge in [0, 0.05) is 18.2 Å². The second kappa shape index (κ2) is 5.97. The number of pyridine rings is 1. The lowest BCUT2D eigenvalue weighted by Gasteiger charge is -2.07. The van der Waals surface area contributed by atoms with Crippen molar-refractivity contribution in [1.82, 2.24) is 4.98 Å². The molecule has 5 nitrogen and oxygen atoms in total. The fourth-order valence-electron chi connectivity index (χ4n) is 1.68. The number of nitrogens with zero attached hydrogens (tertiary/aromatic N) is 1. The van der Waals surface area contributed by atoms with Gasteiger partial charge in [0.25, 0.3) is 0 Å². The summed E-state index contributed by atoms with van der Waals surface area (Å²) in [6.45, 7) is 2.98. The van der Waals surface area contributed by atoms with Gasteiger partial charge in [0.2, 0.25) is 5.91 Å². The minimum atomic E-state index is -0.132. The summed E-state index contributed by atoms with van der Waals surface area (Å²) < 4.78 is 0. The van der Waals surface area contributed by atoms with Crippen molar-refractivity contribution in [2.45, 2.75) is 13.8 Å². The van der Waals surface area contributed by atoms with E-state index in [9.17, 15) is 9.59 Å². The molecule has 0 bridgehead atoms. The van der Waals surface area contributed by atoms with Crippen molar-refractivity contribution in [3.05, 3.63) is 48.2 Å². The molecule has 2 N–H and O–H groups in total. The number of carbonyl (C=O) groups excluding carboxylic acids is 2. The molecule has 0 saturated heterocycles. The fourth-order valence-corrected chi connectivity index (χ4v) is 1.68. The molecule has 1 aromatic heterocycles. The fraction of sp³-hybridized carbons (Fsp3) is 0.133. The molecule has 0 spiro atoms. The van der Waals surface area contributed by atoms with Crippen LogP contribution in [0.3, 0.4) is 0 Å². The van der Waals surface area contributed by atoms with Gasteiger partial charge >= 0.3 is 0 Å². The lowest BCUT2D eigenvalue weighted by Crippen LogP contribution is -2.06. The third-order valence-corrected chi connectivity index (χ3v) is 2.65. The van der Waals surface area contributed by atoms with Gasteiger partial charge in [-0.3, -0.25) is 9.59 Å². The SMILES string of the molecule is CC(=O)Nc1ccc(Nc2ccc(C(C)=O)cc2)nc1. The van der Waals surface area contributed by atoms with Crippen molar-refractivity contribution in [2.24, 2.45) is 0 Å². The second-order valence-electron chi connectivity index (χ2n) is 4.37. The highest BCUT2D eigenvalue weighted by atomic mass is 16.1. The molecule has 1 heterocycles. The van der Waals surface area contributed by atoms with E-state index in [1.54, 1.807) is 30.5 Å². The van der Waals surface area contributed by atoms with Crippen molar-refractivity contribution < 1.29 is 9.59 Å². The summed E-state index contributed by atoms with van der Waals surface area (Å²) in [6, 6.07) is 10.7. The largest absolute Gasteiger partial charge is 0.340 e. The first-order valence-electron chi connectivity index (χ1n) is 6.16. The Morgan fingerprint density at radius 2 is 1.60 bits per heavy atom. The van der Waals surface area contributed by atoms with E-state index in [1.165, 1.54) is 13.8 Å². The van der Waals surface area contributed by atoms with E-state index >= 15 is 0 Å². The summed E-state index contributed by atoms with van der Waals surface area (Å²) in [5.74, 6) is 0.566. The number of aromatic nitrogens is 1. The van der Waals surface area contributed by atoms with Gasteiger partial charge in [0.15, 0.2) is 5.78 Å². The van der Waals surface area contributed by atoms with Gasteiger partial charge in [-0.25, -0.2) is 4.98 Å². The first kappa shape index (κ1) is 13.7. The number of ketones is 1. The van der Waals surface area contributed by atoms with Crippen molar-refractivity contribution in [3.63, 3.8) is 0 Å². The Morgan fingerprint density at radius 3 is 2.10 bits per heavy atom. The lowest BCUT2D eigenvalue weighted by molar-refractivity contribution is -0.114. The van der Waals surface area contributed by atoms with E-state index in [4.69, 9.17) is 0 Å². The Labute approximate surface area is 117 Å². The first-order valence-corrected chi connectivity index (χ1v) is 6.16. The number of Topliss-reactive ketones (excluding diaryl/α,β-unsaturated/α-hetero) is 1. The quantitative estimate of drug-likeness (QED) is 0.837. The van der Waals surface area contributed by atoms with Crippen LogP contribution in [0.25, 0.3) is 0 Å². The lowest BCUT2D eigenvalue weighted by atomic mass is 10.1. The summed E-state index contributed by atoms with van der Waals surface area (Å²) in [6.07, 6.45) is 1.58. The van der Waals surface area contributed by atoms with Crippen molar-refractivity contribution >= 4 is 28.9 Å². The molecule has 0 radical (unpaired) electrons. The van der Waals surface area contributed by atoms with Crippen LogP contribution >= 0.6 is 0 Å². The van der Waals surface area contributed by atoms with Gasteiger partial charge in [0.05, 0.1) is 11.9 Å². The molecule has 1 aromatic carbocycles. The molecule has 1 amide bonds. The summed E-state index contributed by atoms with van der Waals surface area (Å²) >= 11 is 0. The zero-order valence-electron chi connectivity index (χ0n) is 11.3. The summed E-state index contributed by atoms with van der Waals surface area (Å²) in [5.41, 5.74) is 2.16. The van der Waals surface area contributed by atoms with Crippen LogP contribution in [0, 0.1) is 0 Å². The minimum Gasteiger partial charge on any atom is -0.340 e. The number of anilines is 3. The average Bonchev–Trinajstić information content (AvgIpc) is 2.41. The Hall–Kier alpha value is -2.69. The summed E-state index contributed by atoms with van der Waals surface area (Å²) in [7, 11) is 0. The monoisotopic (exact) mass is 269 g/mol. The predicted molar refractivity (Wildman–Crippen MR) is 78.3 cm³/mol. The van der Waals surface area contributed by atoms with Gasteiger partial charge in [-0.15, -0.1) is 0 Å². The van der Waals surface area contributed by atoms with Crippen LogP contribution < -0.4 is 10.6 Å². The van der Waals surface area contributed by atoms with Crippen LogP contribution in [-0.4, -0.2) is 16.7 Å². The van der Waals surface area contributed by atoms with Crippen LogP contribution in [-0.2, 0) is 4.79 Å². The highest BCUT2D eigenvalue weighted by Crippen LogP contribution is 2.17. The van der Waals surface area contributed by atoms with Gasteiger partial charge in [0.1, 0.15) is 5.82 Å². The number of rotatable bonds is 4. The smallest absolute Gasteiger partial charge is 0.221 e. The van der Waals surface area contributed by atoms with E-state index in [0.29, 0.717) is 17.1 Å². The molecule has 0 aliphatic heterocycles. The standard InChI is InChI=1S/C15H15N3O2/c1-10(19)12-3-5-13(6-4-12)18-15-8-7-14(9-16-15)17-11(2)20/h3-9H,1-2H3,(H,16,18)(H,17,20). The molecule has 2 aromatic rings. The van der Waals surface area contributed by atoms with Gasteiger partial charge < -0.3 is 10.6 Å². The molecular weight excluding hydrogens is 254 g/mol. The van der Waals surface area contributed by atoms with E-state index < -0.39 is 0 Å². The molecule has 5 heteroatoms. The highest BCUT2D eigenvalue weighted by molar-refractivity contribution is 5.94. The number of nitrogens with one attached hydrogen (secondary N) is 2. The molecular formula is C15H15N3O2. The molecule has 0 aliphatic rings. The Morgan fingerprint density at radius 1 is 0.950 bits per heavy atom. The van der Waals surface area contributed by atoms with Crippen LogP contribution in [0.1, 0.15) is 24.2 Å². The van der Waals surface area contributed by atoms with Crippen LogP contribution in [0.5, 0.6) is 0 Å². The third kappa shape index (κ3) is 3.65. The number of hydrogen-bond acceptors (Lipinski definition) is 4. The van der Waals surface area contributed by atoms with Crippen LogP contribution in [0.2, 0.25) is 0 Å². The highest BCUT2D eigenvalue weighted by Gasteiger charge is 2.01. The third-order valence-electron chi connectivity index (χ3n) is 2.65. The number of carbonyl (C=O) groups is 2. The van der Waals surface area contributed by atoms with E-state index in [0.717, 1.165) is 5.69 Å². The Kier molecular flexibility index (Phi) is 4.10. The Bertz CT molecular complexity index is 619. The van der Waals surface area contributed by atoms with Crippen molar-refractivity contribution in [2.75, 3.05) is 10.6 Å². The molecule has 20 heavy (non-hydrogen) atoms. The predicted octanol–water partition coefficient (Wildman–Crippen LogP) is 2.99. The molecule has 0 unspecified atom stereocenters. The molecule has 0 saturated carbocycles. The Balaban J connectivity index is 2.06. The summed E-state index contributed by atoms with van der Waals surface area (Å²) in [5, 5.41) is 5.76. The van der Waals surface area contributed by atoms with E-state index in [1.807, 2.05) is 12.1 Å². The molecule has 0 fully saturated rings. The molecule has 102 valence electrons. The van der Waals surface area contributed by atoms with Gasteiger partial charge in [-0.2, -0.15) is 0 Å². The van der Waals surface area contributed by atoms with Gasteiger partial charge in [-0.1, -0.05) is 0 Å². The number of hydrogen-bond donors (Lipinski definition) is 2. The maximum Gasteiger partial charge on any atom is 0.221 e.